The normalized spacial score (nSPS) is 14.2. The maximum Gasteiger partial charge on any atom is 0.339 e. The molecule has 1 unspecified atom stereocenters. The first kappa shape index (κ1) is 22.7. The standard InChI is InChI=1S/C29H27N3O3/c1-20(28(33)32(21-11-5-3-6-12-21)22-13-7-4-8-14-22)35-29(34)27-23-15-9-10-16-25(23)30-26-17-18-31(2)19-24(26)27/h3-16,20H,17-19H2,1-2H3. The first-order valence-corrected chi connectivity index (χ1v) is 11.8. The zero-order valence-corrected chi connectivity index (χ0v) is 19.8. The summed E-state index contributed by atoms with van der Waals surface area (Å²) >= 11 is 0. The summed E-state index contributed by atoms with van der Waals surface area (Å²) in [6, 6.07) is 26.4. The Balaban J connectivity index is 1.49. The van der Waals surface area contributed by atoms with Crippen LogP contribution >= 0.6 is 0 Å². The third kappa shape index (κ3) is 4.53. The van der Waals surface area contributed by atoms with Gasteiger partial charge in [-0.2, -0.15) is 0 Å². The molecule has 176 valence electrons. The SMILES string of the molecule is CC(OC(=O)c1c2c(nc3ccccc13)CCN(C)C2)C(=O)N(c1ccccc1)c1ccccc1. The van der Waals surface area contributed by atoms with Gasteiger partial charge in [-0.25, -0.2) is 4.79 Å². The summed E-state index contributed by atoms with van der Waals surface area (Å²) in [5.74, 6) is -0.822. The van der Waals surface area contributed by atoms with E-state index < -0.39 is 12.1 Å². The molecule has 35 heavy (non-hydrogen) atoms. The quantitative estimate of drug-likeness (QED) is 0.382. The summed E-state index contributed by atoms with van der Waals surface area (Å²) in [4.78, 5) is 35.8. The Labute approximate surface area is 204 Å². The zero-order valence-electron chi connectivity index (χ0n) is 19.8. The van der Waals surface area contributed by atoms with Gasteiger partial charge in [0.25, 0.3) is 5.91 Å². The molecule has 0 fully saturated rings. The van der Waals surface area contributed by atoms with Crippen LogP contribution in [0.25, 0.3) is 10.9 Å². The third-order valence-electron chi connectivity index (χ3n) is 6.32. The highest BCUT2D eigenvalue weighted by molar-refractivity contribution is 6.08. The molecule has 4 aromatic rings. The smallest absolute Gasteiger partial charge is 0.339 e. The van der Waals surface area contributed by atoms with Crippen LogP contribution in [0, 0.1) is 0 Å². The predicted molar refractivity (Wildman–Crippen MR) is 137 cm³/mol. The molecule has 0 saturated heterocycles. The lowest BCUT2D eigenvalue weighted by atomic mass is 9.96. The molecule has 0 aliphatic carbocycles. The molecular weight excluding hydrogens is 438 g/mol. The van der Waals surface area contributed by atoms with Gasteiger partial charge >= 0.3 is 5.97 Å². The van der Waals surface area contributed by atoms with Crippen molar-refractivity contribution < 1.29 is 14.3 Å². The highest BCUT2D eigenvalue weighted by Gasteiger charge is 2.30. The number of rotatable bonds is 5. The number of carbonyl (C=O) groups is 2. The van der Waals surface area contributed by atoms with E-state index in [9.17, 15) is 9.59 Å². The van der Waals surface area contributed by atoms with Crippen molar-refractivity contribution in [1.29, 1.82) is 0 Å². The van der Waals surface area contributed by atoms with Gasteiger partial charge in [-0.3, -0.25) is 14.7 Å². The lowest BCUT2D eigenvalue weighted by Crippen LogP contribution is -2.37. The number of fused-ring (bicyclic) bond motifs is 2. The molecule has 1 aliphatic heterocycles. The van der Waals surface area contributed by atoms with Crippen molar-refractivity contribution in [3.05, 3.63) is 102 Å². The van der Waals surface area contributed by atoms with Crippen molar-refractivity contribution >= 4 is 34.2 Å². The van der Waals surface area contributed by atoms with E-state index in [1.807, 2.05) is 92.0 Å². The number of para-hydroxylation sites is 3. The molecule has 0 spiro atoms. The Bertz CT molecular complexity index is 1330. The number of carbonyl (C=O) groups excluding carboxylic acids is 2. The lowest BCUT2D eigenvalue weighted by Gasteiger charge is -2.28. The Morgan fingerprint density at radius 3 is 2.17 bits per heavy atom. The van der Waals surface area contributed by atoms with Crippen molar-refractivity contribution in [1.82, 2.24) is 9.88 Å². The van der Waals surface area contributed by atoms with Gasteiger partial charge < -0.3 is 9.64 Å². The average Bonchev–Trinajstić information content (AvgIpc) is 2.88. The molecule has 1 atom stereocenters. The summed E-state index contributed by atoms with van der Waals surface area (Å²) in [6.07, 6.45) is -0.229. The molecule has 6 heteroatoms. The molecule has 0 saturated carbocycles. The molecule has 6 nitrogen and oxygen atoms in total. The molecule has 3 aromatic carbocycles. The van der Waals surface area contributed by atoms with Gasteiger partial charge in [0.15, 0.2) is 6.10 Å². The van der Waals surface area contributed by atoms with E-state index in [0.717, 1.165) is 35.1 Å². The van der Waals surface area contributed by atoms with Crippen LogP contribution in [0.1, 0.15) is 28.5 Å². The van der Waals surface area contributed by atoms with E-state index in [0.29, 0.717) is 23.5 Å². The van der Waals surface area contributed by atoms with Crippen LogP contribution in [0.3, 0.4) is 0 Å². The second-order valence-electron chi connectivity index (χ2n) is 8.81. The van der Waals surface area contributed by atoms with Gasteiger partial charge in [-0.15, -0.1) is 0 Å². The van der Waals surface area contributed by atoms with Crippen LogP contribution in [-0.4, -0.2) is 41.5 Å². The molecule has 0 bridgehead atoms. The van der Waals surface area contributed by atoms with Gasteiger partial charge in [0.2, 0.25) is 0 Å². The summed E-state index contributed by atoms with van der Waals surface area (Å²) in [5, 5.41) is 0.745. The van der Waals surface area contributed by atoms with E-state index in [1.165, 1.54) is 0 Å². The Kier molecular flexibility index (Phi) is 6.29. The van der Waals surface area contributed by atoms with Crippen LogP contribution in [0.15, 0.2) is 84.9 Å². The van der Waals surface area contributed by atoms with Crippen LogP contribution in [0.5, 0.6) is 0 Å². The largest absolute Gasteiger partial charge is 0.449 e. The molecular formula is C29H27N3O3. The van der Waals surface area contributed by atoms with Gasteiger partial charge in [0.05, 0.1) is 11.1 Å². The third-order valence-corrected chi connectivity index (χ3v) is 6.32. The number of likely N-dealkylation sites (N-methyl/N-ethyl adjacent to an activating group) is 1. The minimum absolute atomic E-state index is 0.319. The summed E-state index contributed by atoms with van der Waals surface area (Å²) < 4.78 is 5.86. The monoisotopic (exact) mass is 465 g/mol. The fraction of sp³-hybridized carbons (Fsp3) is 0.207. The molecule has 1 aromatic heterocycles. The molecule has 1 amide bonds. The minimum Gasteiger partial charge on any atom is -0.449 e. The van der Waals surface area contributed by atoms with Crippen molar-refractivity contribution in [3.8, 4) is 0 Å². The van der Waals surface area contributed by atoms with Gasteiger partial charge in [-0.1, -0.05) is 54.6 Å². The number of ether oxygens (including phenoxy) is 1. The van der Waals surface area contributed by atoms with Crippen molar-refractivity contribution in [2.45, 2.75) is 26.0 Å². The summed E-state index contributed by atoms with van der Waals surface area (Å²) in [7, 11) is 2.02. The number of nitrogens with zero attached hydrogens (tertiary/aromatic N) is 3. The van der Waals surface area contributed by atoms with Gasteiger partial charge in [0.1, 0.15) is 0 Å². The van der Waals surface area contributed by atoms with Crippen LogP contribution in [0.4, 0.5) is 11.4 Å². The van der Waals surface area contributed by atoms with E-state index in [-0.39, 0.29) is 5.91 Å². The fourth-order valence-electron chi connectivity index (χ4n) is 4.57. The zero-order chi connectivity index (χ0) is 24.4. The van der Waals surface area contributed by atoms with E-state index in [2.05, 4.69) is 4.90 Å². The number of pyridine rings is 1. The predicted octanol–water partition coefficient (Wildman–Crippen LogP) is 5.13. The number of benzene rings is 3. The maximum absolute atomic E-state index is 13.6. The fourth-order valence-corrected chi connectivity index (χ4v) is 4.57. The molecule has 1 aliphatic rings. The topological polar surface area (TPSA) is 62.7 Å². The highest BCUT2D eigenvalue weighted by atomic mass is 16.5. The highest BCUT2D eigenvalue weighted by Crippen LogP contribution is 2.30. The number of aromatic nitrogens is 1. The van der Waals surface area contributed by atoms with Crippen LogP contribution in [0.2, 0.25) is 0 Å². The number of amides is 1. The van der Waals surface area contributed by atoms with Crippen molar-refractivity contribution in [2.75, 3.05) is 18.5 Å². The second kappa shape index (κ2) is 9.68. The summed E-state index contributed by atoms with van der Waals surface area (Å²) in [5.41, 5.74) is 4.48. The molecule has 2 heterocycles. The van der Waals surface area contributed by atoms with E-state index >= 15 is 0 Å². The molecule has 0 N–H and O–H groups in total. The Morgan fingerprint density at radius 1 is 0.914 bits per heavy atom. The van der Waals surface area contributed by atoms with Crippen molar-refractivity contribution in [2.24, 2.45) is 0 Å². The van der Waals surface area contributed by atoms with Crippen LogP contribution < -0.4 is 4.90 Å². The van der Waals surface area contributed by atoms with Crippen LogP contribution in [-0.2, 0) is 22.5 Å². The minimum atomic E-state index is -0.994. The first-order chi connectivity index (χ1) is 17.0. The molecule has 5 rings (SSSR count). The number of esters is 1. The van der Waals surface area contributed by atoms with E-state index in [4.69, 9.17) is 9.72 Å². The Morgan fingerprint density at radius 2 is 1.51 bits per heavy atom. The number of hydrogen-bond donors (Lipinski definition) is 0. The summed E-state index contributed by atoms with van der Waals surface area (Å²) in [6.45, 7) is 3.12. The Hall–Kier alpha value is -4.03. The van der Waals surface area contributed by atoms with Gasteiger partial charge in [-0.05, 0) is 44.3 Å². The van der Waals surface area contributed by atoms with E-state index in [1.54, 1.807) is 11.8 Å². The average molecular weight is 466 g/mol. The maximum atomic E-state index is 13.6. The number of hydrogen-bond acceptors (Lipinski definition) is 5. The second-order valence-corrected chi connectivity index (χ2v) is 8.81. The number of anilines is 2. The lowest BCUT2D eigenvalue weighted by molar-refractivity contribution is -0.125. The molecule has 0 radical (unpaired) electrons. The van der Waals surface area contributed by atoms with Gasteiger partial charge in [0, 0.05) is 47.5 Å². The first-order valence-electron chi connectivity index (χ1n) is 11.8. The van der Waals surface area contributed by atoms with Crippen molar-refractivity contribution in [3.63, 3.8) is 0 Å².